The zero-order valence-electron chi connectivity index (χ0n) is 15.9. The number of carbonyl (C=O) groups is 1. The lowest BCUT2D eigenvalue weighted by Crippen LogP contribution is -2.47. The van der Waals surface area contributed by atoms with Crippen LogP contribution in [0.5, 0.6) is 0 Å². The molecule has 4 saturated carbocycles. The second kappa shape index (κ2) is 6.43. The topological polar surface area (TPSA) is 72.7 Å². The molecule has 6 heteroatoms. The summed E-state index contributed by atoms with van der Waals surface area (Å²) in [4.78, 5) is 12.6. The van der Waals surface area contributed by atoms with Crippen molar-refractivity contribution in [2.45, 2.75) is 51.9 Å². The molecule has 0 spiro atoms. The first kappa shape index (κ1) is 16.9. The SMILES string of the molecule is Cc1cc(C(=O)NCCC23CC4CC(CC(C4)C2)C3)ccc1-n1cnnn1. The normalized spacial score (nSPS) is 31.2. The zero-order chi connectivity index (χ0) is 18.4. The highest BCUT2D eigenvalue weighted by Crippen LogP contribution is 2.61. The molecule has 4 aliphatic carbocycles. The number of nitrogens with zero attached hydrogens (tertiary/aromatic N) is 4. The Labute approximate surface area is 159 Å². The third-order valence-corrected chi connectivity index (χ3v) is 7.16. The van der Waals surface area contributed by atoms with Crippen LogP contribution in [-0.2, 0) is 0 Å². The zero-order valence-corrected chi connectivity index (χ0v) is 15.9. The summed E-state index contributed by atoms with van der Waals surface area (Å²) in [6, 6.07) is 5.67. The summed E-state index contributed by atoms with van der Waals surface area (Å²) in [7, 11) is 0. The monoisotopic (exact) mass is 365 g/mol. The molecule has 0 unspecified atom stereocenters. The van der Waals surface area contributed by atoms with Gasteiger partial charge in [-0.3, -0.25) is 4.79 Å². The Morgan fingerprint density at radius 2 is 1.89 bits per heavy atom. The predicted octanol–water partition coefficient (Wildman–Crippen LogP) is 3.31. The van der Waals surface area contributed by atoms with Gasteiger partial charge in [-0.05, 0) is 109 Å². The minimum absolute atomic E-state index is 0.0195. The summed E-state index contributed by atoms with van der Waals surface area (Å²) < 4.78 is 1.62. The molecule has 0 saturated heterocycles. The third-order valence-electron chi connectivity index (χ3n) is 7.16. The number of nitrogens with one attached hydrogen (secondary N) is 1. The fraction of sp³-hybridized carbons (Fsp3) is 0.619. The number of hydrogen-bond donors (Lipinski definition) is 1. The van der Waals surface area contributed by atoms with Crippen molar-refractivity contribution in [2.24, 2.45) is 23.2 Å². The number of benzene rings is 1. The maximum absolute atomic E-state index is 12.6. The van der Waals surface area contributed by atoms with Crippen molar-refractivity contribution >= 4 is 5.91 Å². The van der Waals surface area contributed by atoms with Crippen LogP contribution in [-0.4, -0.2) is 32.7 Å². The van der Waals surface area contributed by atoms with Crippen molar-refractivity contribution in [1.82, 2.24) is 25.5 Å². The van der Waals surface area contributed by atoms with Crippen LogP contribution in [0.4, 0.5) is 0 Å². The van der Waals surface area contributed by atoms with Crippen molar-refractivity contribution in [2.75, 3.05) is 6.54 Å². The van der Waals surface area contributed by atoms with Crippen LogP contribution in [0.3, 0.4) is 0 Å². The third kappa shape index (κ3) is 3.15. The fourth-order valence-corrected chi connectivity index (χ4v) is 6.46. The summed E-state index contributed by atoms with van der Waals surface area (Å²) in [6.07, 6.45) is 11.3. The Morgan fingerprint density at radius 3 is 2.48 bits per heavy atom. The number of rotatable bonds is 5. The molecule has 4 fully saturated rings. The summed E-state index contributed by atoms with van der Waals surface area (Å²) in [6.45, 7) is 2.77. The highest BCUT2D eigenvalue weighted by molar-refractivity contribution is 5.94. The molecule has 0 radical (unpaired) electrons. The Kier molecular flexibility index (Phi) is 4.02. The van der Waals surface area contributed by atoms with Gasteiger partial charge in [-0.1, -0.05) is 0 Å². The van der Waals surface area contributed by atoms with Gasteiger partial charge in [-0.25, -0.2) is 4.68 Å². The first-order chi connectivity index (χ1) is 13.1. The number of carbonyl (C=O) groups excluding carboxylic acids is 1. The van der Waals surface area contributed by atoms with Gasteiger partial charge in [0.15, 0.2) is 0 Å². The molecule has 4 aliphatic rings. The molecule has 1 aromatic carbocycles. The fourth-order valence-electron chi connectivity index (χ4n) is 6.46. The van der Waals surface area contributed by atoms with Crippen LogP contribution in [0.15, 0.2) is 24.5 Å². The number of tetrazole rings is 1. The van der Waals surface area contributed by atoms with E-state index in [-0.39, 0.29) is 5.91 Å². The van der Waals surface area contributed by atoms with E-state index in [4.69, 9.17) is 0 Å². The lowest BCUT2D eigenvalue weighted by Gasteiger charge is -2.57. The van der Waals surface area contributed by atoms with E-state index in [0.29, 0.717) is 11.0 Å². The van der Waals surface area contributed by atoms with E-state index in [1.165, 1.54) is 38.5 Å². The lowest BCUT2D eigenvalue weighted by molar-refractivity contribution is -0.0564. The molecule has 0 aliphatic heterocycles. The molecule has 142 valence electrons. The van der Waals surface area contributed by atoms with Gasteiger partial charge < -0.3 is 5.32 Å². The van der Waals surface area contributed by atoms with Gasteiger partial charge in [0.25, 0.3) is 5.91 Å². The maximum Gasteiger partial charge on any atom is 0.251 e. The lowest BCUT2D eigenvalue weighted by atomic mass is 9.49. The first-order valence-corrected chi connectivity index (χ1v) is 10.2. The molecule has 1 aromatic heterocycles. The molecule has 1 amide bonds. The molecule has 27 heavy (non-hydrogen) atoms. The second-order valence-corrected chi connectivity index (χ2v) is 9.18. The Balaban J connectivity index is 1.21. The smallest absolute Gasteiger partial charge is 0.251 e. The molecule has 1 heterocycles. The number of hydrogen-bond acceptors (Lipinski definition) is 4. The number of aryl methyl sites for hydroxylation is 1. The molecule has 4 bridgehead atoms. The van der Waals surface area contributed by atoms with Gasteiger partial charge in [0.1, 0.15) is 6.33 Å². The summed E-state index contributed by atoms with van der Waals surface area (Å²) in [5.74, 6) is 2.92. The quantitative estimate of drug-likeness (QED) is 0.882. The van der Waals surface area contributed by atoms with Gasteiger partial charge in [0.2, 0.25) is 0 Å². The largest absolute Gasteiger partial charge is 0.352 e. The summed E-state index contributed by atoms with van der Waals surface area (Å²) >= 11 is 0. The van der Waals surface area contributed by atoms with Gasteiger partial charge in [0, 0.05) is 12.1 Å². The molecule has 6 rings (SSSR count). The predicted molar refractivity (Wildman–Crippen MR) is 101 cm³/mol. The van der Waals surface area contributed by atoms with Gasteiger partial charge in [0.05, 0.1) is 5.69 Å². The van der Waals surface area contributed by atoms with Crippen LogP contribution < -0.4 is 5.32 Å². The van der Waals surface area contributed by atoms with Crippen LogP contribution in [0.1, 0.15) is 60.9 Å². The van der Waals surface area contributed by atoms with E-state index in [0.717, 1.165) is 42.0 Å². The molecule has 1 N–H and O–H groups in total. The van der Waals surface area contributed by atoms with E-state index in [1.54, 1.807) is 11.0 Å². The summed E-state index contributed by atoms with van der Waals surface area (Å²) in [5.41, 5.74) is 3.10. The average molecular weight is 365 g/mol. The van der Waals surface area contributed by atoms with Crippen LogP contribution >= 0.6 is 0 Å². The molecular weight excluding hydrogens is 338 g/mol. The Morgan fingerprint density at radius 1 is 1.19 bits per heavy atom. The van der Waals surface area contributed by atoms with E-state index in [2.05, 4.69) is 20.8 Å². The number of amides is 1. The standard InChI is InChI=1S/C21H27N5O/c1-14-6-18(2-3-19(14)26-13-23-24-25-26)20(27)22-5-4-21-10-15-7-16(11-21)9-17(8-15)12-21/h2-3,6,13,15-17H,4-5,7-12H2,1H3,(H,22,27). The van der Waals surface area contributed by atoms with Crippen molar-refractivity contribution in [1.29, 1.82) is 0 Å². The molecule has 6 nitrogen and oxygen atoms in total. The highest BCUT2D eigenvalue weighted by Gasteiger charge is 2.50. The average Bonchev–Trinajstić information content (AvgIpc) is 3.14. The van der Waals surface area contributed by atoms with Crippen molar-refractivity contribution in [3.05, 3.63) is 35.7 Å². The van der Waals surface area contributed by atoms with Gasteiger partial charge in [-0.15, -0.1) is 5.10 Å². The van der Waals surface area contributed by atoms with Crippen molar-refractivity contribution in [3.8, 4) is 5.69 Å². The Hall–Kier alpha value is -2.24. The highest BCUT2D eigenvalue weighted by atomic mass is 16.1. The van der Waals surface area contributed by atoms with Crippen LogP contribution in [0.25, 0.3) is 5.69 Å². The van der Waals surface area contributed by atoms with Crippen molar-refractivity contribution in [3.63, 3.8) is 0 Å². The first-order valence-electron chi connectivity index (χ1n) is 10.2. The van der Waals surface area contributed by atoms with E-state index in [1.807, 2.05) is 25.1 Å². The molecule has 2 aromatic rings. The van der Waals surface area contributed by atoms with E-state index in [9.17, 15) is 4.79 Å². The van der Waals surface area contributed by atoms with Gasteiger partial charge >= 0.3 is 0 Å². The maximum atomic E-state index is 12.6. The van der Waals surface area contributed by atoms with Crippen molar-refractivity contribution < 1.29 is 4.79 Å². The molecular formula is C21H27N5O. The molecule has 0 atom stereocenters. The van der Waals surface area contributed by atoms with E-state index >= 15 is 0 Å². The summed E-state index contributed by atoms with van der Waals surface area (Å²) in [5, 5.41) is 14.4. The minimum Gasteiger partial charge on any atom is -0.352 e. The van der Waals surface area contributed by atoms with Crippen LogP contribution in [0, 0.1) is 30.1 Å². The minimum atomic E-state index is 0.0195. The van der Waals surface area contributed by atoms with Gasteiger partial charge in [-0.2, -0.15) is 0 Å². The van der Waals surface area contributed by atoms with E-state index < -0.39 is 0 Å². The Bertz CT molecular complexity index is 809. The number of aromatic nitrogens is 4. The second-order valence-electron chi connectivity index (χ2n) is 9.18. The van der Waals surface area contributed by atoms with Crippen LogP contribution in [0.2, 0.25) is 0 Å².